The van der Waals surface area contributed by atoms with E-state index >= 15 is 0 Å². The molecule has 1 aliphatic heterocycles. The van der Waals surface area contributed by atoms with Crippen molar-refractivity contribution in [3.63, 3.8) is 0 Å². The first kappa shape index (κ1) is 26.2. The monoisotopic (exact) mass is 528 g/mol. The maximum atomic E-state index is 9.75. The lowest BCUT2D eigenvalue weighted by atomic mass is 9.93. The molecule has 0 unspecified atom stereocenters. The molecule has 2 heterocycles. The predicted molar refractivity (Wildman–Crippen MR) is 144 cm³/mol. The van der Waals surface area contributed by atoms with Gasteiger partial charge in [0.15, 0.2) is 11.5 Å². The molecule has 2 aromatic carbocycles. The van der Waals surface area contributed by atoms with Crippen molar-refractivity contribution < 1.29 is 14.2 Å². The van der Waals surface area contributed by atoms with Gasteiger partial charge in [-0.1, -0.05) is 23.2 Å². The van der Waals surface area contributed by atoms with Gasteiger partial charge in [0.05, 0.1) is 47.6 Å². The quantitative estimate of drug-likeness (QED) is 0.310. The number of aromatic nitrogens is 1. The fourth-order valence-corrected chi connectivity index (χ4v) is 4.96. The fraction of sp³-hybridized carbons (Fsp3) is 0.407. The van der Waals surface area contributed by atoms with Gasteiger partial charge in [0.25, 0.3) is 0 Å². The van der Waals surface area contributed by atoms with Crippen LogP contribution in [0, 0.1) is 17.2 Å². The van der Waals surface area contributed by atoms with E-state index in [0.717, 1.165) is 24.1 Å². The molecule has 0 saturated carbocycles. The molecular formula is C27H30Cl2N4O3. The number of likely N-dealkylation sites (tertiary alicyclic amines) is 1. The SMILES string of the molecule is COc1cc(Nc2nc3cc(OCCCC4CCN(C)CC4)c(OC)cc3cc2C#N)c(Cl)cc1Cl. The Bertz CT molecular complexity index is 1270. The Labute approximate surface area is 221 Å². The molecular weight excluding hydrogens is 499 g/mol. The number of pyridine rings is 1. The van der Waals surface area contributed by atoms with Gasteiger partial charge in [-0.3, -0.25) is 0 Å². The molecule has 36 heavy (non-hydrogen) atoms. The molecule has 0 amide bonds. The maximum Gasteiger partial charge on any atom is 0.163 e. The number of rotatable bonds is 9. The molecule has 0 atom stereocenters. The van der Waals surface area contributed by atoms with E-state index in [-0.39, 0.29) is 0 Å². The van der Waals surface area contributed by atoms with Gasteiger partial charge in [-0.2, -0.15) is 5.26 Å². The summed E-state index contributed by atoms with van der Waals surface area (Å²) in [6.45, 7) is 2.95. The van der Waals surface area contributed by atoms with E-state index in [4.69, 9.17) is 42.4 Å². The van der Waals surface area contributed by atoms with Gasteiger partial charge in [0.2, 0.25) is 0 Å². The third kappa shape index (κ3) is 6.07. The van der Waals surface area contributed by atoms with Crippen LogP contribution in [0.5, 0.6) is 17.2 Å². The molecule has 3 aromatic rings. The maximum absolute atomic E-state index is 9.75. The van der Waals surface area contributed by atoms with Crippen molar-refractivity contribution >= 4 is 45.6 Å². The first-order valence-corrected chi connectivity index (χ1v) is 12.7. The average molecular weight is 529 g/mol. The van der Waals surface area contributed by atoms with Crippen LogP contribution < -0.4 is 19.5 Å². The molecule has 0 bridgehead atoms. The Morgan fingerprint density at radius 2 is 1.78 bits per heavy atom. The van der Waals surface area contributed by atoms with Gasteiger partial charge < -0.3 is 24.4 Å². The van der Waals surface area contributed by atoms with Gasteiger partial charge in [-0.25, -0.2) is 4.98 Å². The summed E-state index contributed by atoms with van der Waals surface area (Å²) in [5, 5.41) is 14.4. The molecule has 0 spiro atoms. The summed E-state index contributed by atoms with van der Waals surface area (Å²) >= 11 is 12.5. The minimum absolute atomic E-state index is 0.362. The first-order chi connectivity index (χ1) is 17.4. The van der Waals surface area contributed by atoms with Gasteiger partial charge in [-0.05, 0) is 69.9 Å². The highest BCUT2D eigenvalue weighted by molar-refractivity contribution is 6.37. The van der Waals surface area contributed by atoms with Crippen LogP contribution in [0.25, 0.3) is 10.9 Å². The van der Waals surface area contributed by atoms with Crippen molar-refractivity contribution in [3.05, 3.63) is 45.9 Å². The van der Waals surface area contributed by atoms with Gasteiger partial charge in [-0.15, -0.1) is 0 Å². The van der Waals surface area contributed by atoms with E-state index in [1.54, 1.807) is 25.3 Å². The van der Waals surface area contributed by atoms with Crippen LogP contribution in [0.3, 0.4) is 0 Å². The lowest BCUT2D eigenvalue weighted by Crippen LogP contribution is -2.30. The van der Waals surface area contributed by atoms with E-state index in [1.165, 1.54) is 33.0 Å². The molecule has 0 aliphatic carbocycles. The Morgan fingerprint density at radius 1 is 1.03 bits per heavy atom. The van der Waals surface area contributed by atoms with Crippen LogP contribution in [-0.4, -0.2) is 50.8 Å². The fourth-order valence-electron chi connectivity index (χ4n) is 4.45. The summed E-state index contributed by atoms with van der Waals surface area (Å²) < 4.78 is 17.0. The molecule has 9 heteroatoms. The van der Waals surface area contributed by atoms with E-state index in [2.05, 4.69) is 23.3 Å². The Kier molecular flexibility index (Phi) is 8.63. The molecule has 1 aromatic heterocycles. The number of anilines is 2. The largest absolute Gasteiger partial charge is 0.495 e. The molecule has 0 radical (unpaired) electrons. The highest BCUT2D eigenvalue weighted by Gasteiger charge is 2.17. The van der Waals surface area contributed by atoms with Crippen molar-refractivity contribution in [3.8, 4) is 23.3 Å². The molecule has 1 N–H and O–H groups in total. The summed E-state index contributed by atoms with van der Waals surface area (Å²) in [5.41, 5.74) is 1.56. The molecule has 7 nitrogen and oxygen atoms in total. The van der Waals surface area contributed by atoms with E-state index < -0.39 is 0 Å². The second-order valence-electron chi connectivity index (χ2n) is 9.02. The molecule has 4 rings (SSSR count). The molecule has 1 fully saturated rings. The number of hydrogen-bond donors (Lipinski definition) is 1. The van der Waals surface area contributed by atoms with Crippen LogP contribution in [0.1, 0.15) is 31.2 Å². The standard InChI is InChI=1S/C27H30Cl2N4O3/c1-33-8-6-17(7-9-33)5-4-10-36-26-14-22-18(12-25(26)35-3)11-19(16-30)27(31-22)32-23-15-24(34-2)21(29)13-20(23)28/h11-15,17H,4-10H2,1-3H3,(H,31,32). The molecule has 1 saturated heterocycles. The highest BCUT2D eigenvalue weighted by atomic mass is 35.5. The zero-order valence-electron chi connectivity index (χ0n) is 20.7. The predicted octanol–water partition coefficient (Wildman–Crippen LogP) is 6.67. The number of methoxy groups -OCH3 is 2. The van der Waals surface area contributed by atoms with Crippen LogP contribution in [-0.2, 0) is 0 Å². The minimum atomic E-state index is 0.362. The number of benzene rings is 2. The number of nitriles is 1. The number of halogens is 2. The number of piperidine rings is 1. The Hall–Kier alpha value is -2.92. The van der Waals surface area contributed by atoms with E-state index in [9.17, 15) is 5.26 Å². The number of hydrogen-bond acceptors (Lipinski definition) is 7. The summed E-state index contributed by atoms with van der Waals surface area (Å²) in [7, 11) is 5.31. The second kappa shape index (κ2) is 11.9. The Morgan fingerprint density at radius 3 is 2.47 bits per heavy atom. The zero-order valence-corrected chi connectivity index (χ0v) is 22.2. The summed E-state index contributed by atoms with van der Waals surface area (Å²) in [5.74, 6) is 2.83. The van der Waals surface area contributed by atoms with Gasteiger partial charge in [0.1, 0.15) is 17.6 Å². The Balaban J connectivity index is 1.54. The van der Waals surface area contributed by atoms with Crippen LogP contribution in [0.15, 0.2) is 30.3 Å². The van der Waals surface area contributed by atoms with Crippen LogP contribution in [0.2, 0.25) is 10.0 Å². The van der Waals surface area contributed by atoms with Gasteiger partial charge in [0, 0.05) is 17.5 Å². The summed E-state index contributed by atoms with van der Waals surface area (Å²) in [4.78, 5) is 7.09. The number of ether oxygens (including phenoxy) is 3. The van der Waals surface area contributed by atoms with Gasteiger partial charge >= 0.3 is 0 Å². The normalized spacial score (nSPS) is 14.4. The van der Waals surface area contributed by atoms with Crippen molar-refractivity contribution in [2.45, 2.75) is 25.7 Å². The van der Waals surface area contributed by atoms with E-state index in [0.29, 0.717) is 56.5 Å². The second-order valence-corrected chi connectivity index (χ2v) is 9.84. The molecule has 1 aliphatic rings. The summed E-state index contributed by atoms with van der Waals surface area (Å²) in [6.07, 6.45) is 4.65. The topological polar surface area (TPSA) is 79.6 Å². The van der Waals surface area contributed by atoms with Crippen molar-refractivity contribution in [1.82, 2.24) is 9.88 Å². The van der Waals surface area contributed by atoms with Crippen molar-refractivity contribution in [1.29, 1.82) is 5.26 Å². The average Bonchev–Trinajstić information content (AvgIpc) is 2.88. The van der Waals surface area contributed by atoms with Crippen LogP contribution in [0.4, 0.5) is 11.5 Å². The minimum Gasteiger partial charge on any atom is -0.495 e. The smallest absolute Gasteiger partial charge is 0.163 e. The van der Waals surface area contributed by atoms with Crippen molar-refractivity contribution in [2.75, 3.05) is 46.3 Å². The zero-order chi connectivity index (χ0) is 25.7. The third-order valence-corrected chi connectivity index (χ3v) is 7.18. The van der Waals surface area contributed by atoms with Crippen molar-refractivity contribution in [2.24, 2.45) is 5.92 Å². The van der Waals surface area contributed by atoms with E-state index in [1.807, 2.05) is 12.1 Å². The number of nitrogens with zero attached hydrogens (tertiary/aromatic N) is 3. The third-order valence-electron chi connectivity index (χ3n) is 6.57. The van der Waals surface area contributed by atoms with Crippen LogP contribution >= 0.6 is 23.2 Å². The lowest BCUT2D eigenvalue weighted by Gasteiger charge is -2.28. The summed E-state index contributed by atoms with van der Waals surface area (Å²) in [6, 6.07) is 10.9. The number of nitrogens with one attached hydrogen (secondary N) is 1. The first-order valence-electron chi connectivity index (χ1n) is 12.0. The molecule has 190 valence electrons. The lowest BCUT2D eigenvalue weighted by molar-refractivity contribution is 0.199. The highest BCUT2D eigenvalue weighted by Crippen LogP contribution is 2.37. The number of fused-ring (bicyclic) bond motifs is 1.